The highest BCUT2D eigenvalue weighted by atomic mass is 16.5. The maximum Gasteiger partial charge on any atom is 0.230 e. The largest absolute Gasteiger partial charge is 0.457 e. The molecule has 4 aromatic rings. The number of hydrogen-bond acceptors (Lipinski definition) is 3. The summed E-state index contributed by atoms with van der Waals surface area (Å²) in [7, 11) is 0. The van der Waals surface area contributed by atoms with Gasteiger partial charge in [0, 0.05) is 11.9 Å². The molecule has 0 radical (unpaired) electrons. The fraction of sp³-hybridized carbons (Fsp3) is 0.130. The Morgan fingerprint density at radius 3 is 2.43 bits per heavy atom. The first kappa shape index (κ1) is 17.8. The van der Waals surface area contributed by atoms with Crippen LogP contribution < -0.4 is 10.1 Å². The number of fused-ring (bicyclic) bond motifs is 1. The van der Waals surface area contributed by atoms with Crippen LogP contribution in [0.5, 0.6) is 11.5 Å². The predicted molar refractivity (Wildman–Crippen MR) is 110 cm³/mol. The first-order valence-electron chi connectivity index (χ1n) is 9.16. The van der Waals surface area contributed by atoms with Gasteiger partial charge in [-0.1, -0.05) is 24.3 Å². The Kier molecular flexibility index (Phi) is 4.81. The van der Waals surface area contributed by atoms with E-state index in [0.29, 0.717) is 0 Å². The number of amides is 1. The van der Waals surface area contributed by atoms with Gasteiger partial charge in [-0.3, -0.25) is 4.79 Å². The molecule has 5 heteroatoms. The number of rotatable bonds is 5. The topological polar surface area (TPSA) is 55.6 Å². The standard InChI is InChI=1S/C23H21N3O2/c1-16-7-6-14-26-21(17(2)24-23(16)26)15-22(27)25-18-10-12-20(13-11-18)28-19-8-4-3-5-9-19/h3-14H,15H2,1-2H3,(H,25,27). The van der Waals surface area contributed by atoms with Crippen LogP contribution in [0, 0.1) is 13.8 Å². The van der Waals surface area contributed by atoms with Crippen molar-refractivity contribution in [3.8, 4) is 11.5 Å². The Hall–Kier alpha value is -3.60. The molecule has 1 N–H and O–H groups in total. The lowest BCUT2D eigenvalue weighted by molar-refractivity contribution is -0.115. The first-order valence-corrected chi connectivity index (χ1v) is 9.16. The number of ether oxygens (including phenoxy) is 1. The van der Waals surface area contributed by atoms with Crippen molar-refractivity contribution in [1.29, 1.82) is 0 Å². The van der Waals surface area contributed by atoms with Gasteiger partial charge in [0.15, 0.2) is 0 Å². The van der Waals surface area contributed by atoms with E-state index in [9.17, 15) is 4.79 Å². The molecule has 2 heterocycles. The number of aryl methyl sites for hydroxylation is 2. The fourth-order valence-corrected chi connectivity index (χ4v) is 3.17. The lowest BCUT2D eigenvalue weighted by atomic mass is 10.2. The maximum absolute atomic E-state index is 12.6. The molecule has 0 saturated heterocycles. The van der Waals surface area contributed by atoms with Gasteiger partial charge < -0.3 is 14.5 Å². The van der Waals surface area contributed by atoms with Crippen molar-refractivity contribution >= 4 is 17.2 Å². The highest BCUT2D eigenvalue weighted by Gasteiger charge is 2.14. The summed E-state index contributed by atoms with van der Waals surface area (Å²) in [5.41, 5.74) is 4.49. The van der Waals surface area contributed by atoms with E-state index in [0.717, 1.165) is 39.8 Å². The number of pyridine rings is 1. The molecule has 0 bridgehead atoms. The van der Waals surface area contributed by atoms with Crippen LogP contribution >= 0.6 is 0 Å². The zero-order valence-corrected chi connectivity index (χ0v) is 15.8. The Labute approximate surface area is 163 Å². The first-order chi connectivity index (χ1) is 13.6. The van der Waals surface area contributed by atoms with Crippen molar-refractivity contribution in [2.24, 2.45) is 0 Å². The van der Waals surface area contributed by atoms with Crippen LogP contribution in [0.2, 0.25) is 0 Å². The average molecular weight is 371 g/mol. The number of para-hydroxylation sites is 1. The third-order valence-corrected chi connectivity index (χ3v) is 4.59. The molecule has 5 nitrogen and oxygen atoms in total. The third kappa shape index (κ3) is 3.74. The van der Waals surface area contributed by atoms with Crippen molar-refractivity contribution in [1.82, 2.24) is 9.38 Å². The number of carbonyl (C=O) groups excluding carboxylic acids is 1. The second-order valence-electron chi connectivity index (χ2n) is 6.69. The lowest BCUT2D eigenvalue weighted by Gasteiger charge is -2.09. The van der Waals surface area contributed by atoms with Crippen LogP contribution in [0.25, 0.3) is 5.65 Å². The number of hydrogen-bond donors (Lipinski definition) is 1. The summed E-state index contributed by atoms with van der Waals surface area (Å²) < 4.78 is 7.76. The molecule has 28 heavy (non-hydrogen) atoms. The van der Waals surface area contributed by atoms with Crippen LogP contribution in [-0.2, 0) is 11.2 Å². The summed E-state index contributed by atoms with van der Waals surface area (Å²) in [6.45, 7) is 3.95. The van der Waals surface area contributed by atoms with E-state index in [1.165, 1.54) is 0 Å². The van der Waals surface area contributed by atoms with Gasteiger partial charge >= 0.3 is 0 Å². The van der Waals surface area contributed by atoms with E-state index in [2.05, 4.69) is 10.3 Å². The molecule has 1 amide bonds. The van der Waals surface area contributed by atoms with Crippen LogP contribution in [0.4, 0.5) is 5.69 Å². The van der Waals surface area contributed by atoms with E-state index in [-0.39, 0.29) is 12.3 Å². The Balaban J connectivity index is 1.44. The smallest absolute Gasteiger partial charge is 0.230 e. The second kappa shape index (κ2) is 7.56. The minimum absolute atomic E-state index is 0.0804. The zero-order valence-electron chi connectivity index (χ0n) is 15.8. The van der Waals surface area contributed by atoms with Gasteiger partial charge in [-0.2, -0.15) is 0 Å². The molecular formula is C23H21N3O2. The summed E-state index contributed by atoms with van der Waals surface area (Å²) in [4.78, 5) is 17.1. The quantitative estimate of drug-likeness (QED) is 0.541. The minimum Gasteiger partial charge on any atom is -0.457 e. The van der Waals surface area contributed by atoms with Gasteiger partial charge in [0.2, 0.25) is 5.91 Å². The zero-order chi connectivity index (χ0) is 19.5. The molecule has 0 aliphatic rings. The molecule has 4 rings (SSSR count). The molecule has 0 unspecified atom stereocenters. The van der Waals surface area contributed by atoms with Gasteiger partial charge in [-0.25, -0.2) is 4.98 Å². The monoisotopic (exact) mass is 371 g/mol. The fourth-order valence-electron chi connectivity index (χ4n) is 3.17. The van der Waals surface area contributed by atoms with Crippen LogP contribution in [0.1, 0.15) is 17.0 Å². The van der Waals surface area contributed by atoms with Crippen LogP contribution in [0.15, 0.2) is 72.9 Å². The van der Waals surface area contributed by atoms with Crippen molar-refractivity contribution in [2.75, 3.05) is 5.32 Å². The summed E-state index contributed by atoms with van der Waals surface area (Å²) in [6, 6.07) is 20.9. The van der Waals surface area contributed by atoms with Crippen LogP contribution in [0.3, 0.4) is 0 Å². The normalized spacial score (nSPS) is 10.8. The summed E-state index contributed by atoms with van der Waals surface area (Å²) in [5, 5.41) is 2.94. The highest BCUT2D eigenvalue weighted by molar-refractivity contribution is 5.92. The third-order valence-electron chi connectivity index (χ3n) is 4.59. The van der Waals surface area contributed by atoms with E-state index >= 15 is 0 Å². The average Bonchev–Trinajstić information content (AvgIpc) is 3.01. The Bertz CT molecular complexity index is 1120. The van der Waals surface area contributed by atoms with Crippen molar-refractivity contribution < 1.29 is 9.53 Å². The van der Waals surface area contributed by atoms with Gasteiger partial charge in [0.1, 0.15) is 17.1 Å². The second-order valence-corrected chi connectivity index (χ2v) is 6.69. The van der Waals surface area contributed by atoms with Crippen molar-refractivity contribution in [2.45, 2.75) is 20.3 Å². The molecule has 0 fully saturated rings. The number of nitrogens with zero attached hydrogens (tertiary/aromatic N) is 2. The van der Waals surface area contributed by atoms with E-state index in [4.69, 9.17) is 4.74 Å². The molecule has 0 atom stereocenters. The van der Waals surface area contributed by atoms with Gasteiger partial charge in [0.05, 0.1) is 17.8 Å². The molecule has 140 valence electrons. The van der Waals surface area contributed by atoms with E-state index in [1.54, 1.807) is 0 Å². The number of benzene rings is 2. The number of imidazole rings is 1. The number of nitrogens with one attached hydrogen (secondary N) is 1. The molecule has 2 aromatic heterocycles. The number of anilines is 1. The SMILES string of the molecule is Cc1nc2c(C)cccn2c1CC(=O)Nc1ccc(Oc2ccccc2)cc1. The van der Waals surface area contributed by atoms with E-state index in [1.807, 2.05) is 91.2 Å². The lowest BCUT2D eigenvalue weighted by Crippen LogP contribution is -2.16. The summed E-state index contributed by atoms with van der Waals surface area (Å²) in [5.74, 6) is 1.41. The maximum atomic E-state index is 12.6. The number of aromatic nitrogens is 2. The van der Waals surface area contributed by atoms with Crippen molar-refractivity contribution in [3.05, 3.63) is 89.9 Å². The minimum atomic E-state index is -0.0804. The van der Waals surface area contributed by atoms with Gasteiger partial charge in [-0.15, -0.1) is 0 Å². The number of carbonyl (C=O) groups is 1. The van der Waals surface area contributed by atoms with Crippen LogP contribution in [-0.4, -0.2) is 15.3 Å². The predicted octanol–water partition coefficient (Wildman–Crippen LogP) is 4.92. The molecular weight excluding hydrogens is 350 g/mol. The van der Waals surface area contributed by atoms with Crippen molar-refractivity contribution in [3.63, 3.8) is 0 Å². The van der Waals surface area contributed by atoms with E-state index < -0.39 is 0 Å². The Morgan fingerprint density at radius 2 is 1.68 bits per heavy atom. The molecule has 0 saturated carbocycles. The summed E-state index contributed by atoms with van der Waals surface area (Å²) in [6.07, 6.45) is 2.21. The molecule has 2 aromatic carbocycles. The Morgan fingerprint density at radius 1 is 0.964 bits per heavy atom. The molecule has 0 aliphatic carbocycles. The highest BCUT2D eigenvalue weighted by Crippen LogP contribution is 2.23. The summed E-state index contributed by atoms with van der Waals surface area (Å²) >= 11 is 0. The molecule has 0 spiro atoms. The van der Waals surface area contributed by atoms with Gasteiger partial charge in [-0.05, 0) is 61.9 Å². The molecule has 0 aliphatic heterocycles. The van der Waals surface area contributed by atoms with Gasteiger partial charge in [0.25, 0.3) is 0 Å².